The number of anilines is 1. The molecular weight excluding hydrogens is 238 g/mol. The Balaban J connectivity index is 2.87. The van der Waals surface area contributed by atoms with Gasteiger partial charge in [-0.25, -0.2) is 0 Å². The van der Waals surface area contributed by atoms with Crippen LogP contribution in [-0.4, -0.2) is 24.9 Å². The van der Waals surface area contributed by atoms with E-state index in [0.717, 1.165) is 0 Å². The number of para-hydroxylation sites is 1. The molecule has 0 radical (unpaired) electrons. The average molecular weight is 250 g/mol. The Bertz CT molecular complexity index is 489. The molecular formula is C12H12ClN3O. The number of nitrogens with zero attached hydrogens (tertiary/aromatic N) is 2. The number of halogens is 1. The Morgan fingerprint density at radius 1 is 1.47 bits per heavy atom. The van der Waals surface area contributed by atoms with E-state index < -0.39 is 5.91 Å². The molecule has 1 N–H and O–H groups in total. The van der Waals surface area contributed by atoms with Crippen molar-refractivity contribution < 1.29 is 4.79 Å². The van der Waals surface area contributed by atoms with Crippen molar-refractivity contribution in [1.82, 2.24) is 4.90 Å². The van der Waals surface area contributed by atoms with Crippen LogP contribution in [0.5, 0.6) is 0 Å². The second-order valence-corrected chi connectivity index (χ2v) is 3.96. The van der Waals surface area contributed by atoms with Gasteiger partial charge in [-0.3, -0.25) is 4.79 Å². The van der Waals surface area contributed by atoms with Gasteiger partial charge in [-0.1, -0.05) is 23.7 Å². The number of hydrogen-bond acceptors (Lipinski definition) is 3. The lowest BCUT2D eigenvalue weighted by Crippen LogP contribution is -2.16. The zero-order chi connectivity index (χ0) is 12.8. The lowest BCUT2D eigenvalue weighted by atomic mass is 10.2. The van der Waals surface area contributed by atoms with E-state index in [1.54, 1.807) is 43.3 Å². The highest BCUT2D eigenvalue weighted by Crippen LogP contribution is 2.20. The third-order valence-electron chi connectivity index (χ3n) is 1.87. The summed E-state index contributed by atoms with van der Waals surface area (Å²) >= 11 is 5.89. The van der Waals surface area contributed by atoms with Crippen molar-refractivity contribution in [2.75, 3.05) is 19.4 Å². The van der Waals surface area contributed by atoms with Gasteiger partial charge in [0, 0.05) is 20.3 Å². The number of amides is 1. The van der Waals surface area contributed by atoms with Gasteiger partial charge in [-0.15, -0.1) is 0 Å². The van der Waals surface area contributed by atoms with Crippen molar-refractivity contribution in [3.63, 3.8) is 0 Å². The zero-order valence-electron chi connectivity index (χ0n) is 9.57. The molecule has 0 aliphatic carbocycles. The van der Waals surface area contributed by atoms with E-state index in [0.29, 0.717) is 10.7 Å². The highest BCUT2D eigenvalue weighted by Gasteiger charge is 2.10. The molecule has 0 aliphatic rings. The Hall–Kier alpha value is -1.99. The molecule has 0 heterocycles. The van der Waals surface area contributed by atoms with Crippen LogP contribution in [0.2, 0.25) is 5.02 Å². The molecule has 0 unspecified atom stereocenters. The van der Waals surface area contributed by atoms with Crippen LogP contribution in [-0.2, 0) is 4.79 Å². The summed E-state index contributed by atoms with van der Waals surface area (Å²) in [5.41, 5.74) is 0.508. The summed E-state index contributed by atoms with van der Waals surface area (Å²) in [5, 5.41) is 11.9. The van der Waals surface area contributed by atoms with Crippen LogP contribution in [0, 0.1) is 11.3 Å². The largest absolute Gasteiger partial charge is 0.382 e. The van der Waals surface area contributed by atoms with Crippen LogP contribution in [0.3, 0.4) is 0 Å². The maximum atomic E-state index is 11.7. The van der Waals surface area contributed by atoms with E-state index in [4.69, 9.17) is 16.9 Å². The van der Waals surface area contributed by atoms with Gasteiger partial charge >= 0.3 is 0 Å². The normalized spacial score (nSPS) is 10.6. The Kier molecular flexibility index (Phi) is 4.56. The zero-order valence-corrected chi connectivity index (χ0v) is 10.3. The highest BCUT2D eigenvalue weighted by atomic mass is 35.5. The minimum atomic E-state index is -0.477. The van der Waals surface area contributed by atoms with Crippen molar-refractivity contribution in [2.45, 2.75) is 0 Å². The molecule has 4 nitrogen and oxygen atoms in total. The van der Waals surface area contributed by atoms with Crippen LogP contribution in [0.15, 0.2) is 36.0 Å². The first kappa shape index (κ1) is 13.1. The average Bonchev–Trinajstić information content (AvgIpc) is 2.28. The SMILES string of the molecule is CN(C)C=C(C#N)C(=O)Nc1ccccc1Cl. The van der Waals surface area contributed by atoms with Gasteiger partial charge in [-0.05, 0) is 12.1 Å². The van der Waals surface area contributed by atoms with Crippen LogP contribution < -0.4 is 5.32 Å². The van der Waals surface area contributed by atoms with Crippen LogP contribution in [0.25, 0.3) is 0 Å². The maximum absolute atomic E-state index is 11.7. The summed E-state index contributed by atoms with van der Waals surface area (Å²) in [4.78, 5) is 13.4. The number of hydrogen-bond donors (Lipinski definition) is 1. The van der Waals surface area contributed by atoms with Crippen LogP contribution >= 0.6 is 11.6 Å². The molecule has 88 valence electrons. The lowest BCUT2D eigenvalue weighted by Gasteiger charge is -2.08. The van der Waals surface area contributed by atoms with Crippen molar-refractivity contribution in [3.05, 3.63) is 41.1 Å². The molecule has 0 fully saturated rings. The predicted molar refractivity (Wildman–Crippen MR) is 67.5 cm³/mol. The fraction of sp³-hybridized carbons (Fsp3) is 0.167. The monoisotopic (exact) mass is 249 g/mol. The molecule has 0 saturated heterocycles. The van der Waals surface area contributed by atoms with E-state index >= 15 is 0 Å². The van der Waals surface area contributed by atoms with Gasteiger partial charge in [0.2, 0.25) is 0 Å². The summed E-state index contributed by atoms with van der Waals surface area (Å²) in [6.07, 6.45) is 1.45. The smallest absolute Gasteiger partial charge is 0.267 e. The Labute approximate surface area is 105 Å². The second kappa shape index (κ2) is 5.92. The molecule has 0 spiro atoms. The number of carbonyl (C=O) groups is 1. The van der Waals surface area contributed by atoms with Crippen LogP contribution in [0.4, 0.5) is 5.69 Å². The van der Waals surface area contributed by atoms with Crippen molar-refractivity contribution in [2.24, 2.45) is 0 Å². The number of nitrogens with one attached hydrogen (secondary N) is 1. The van der Waals surface area contributed by atoms with Crippen molar-refractivity contribution in [1.29, 1.82) is 5.26 Å². The van der Waals surface area contributed by atoms with Gasteiger partial charge in [0.1, 0.15) is 11.6 Å². The fourth-order valence-corrected chi connectivity index (χ4v) is 1.33. The van der Waals surface area contributed by atoms with Gasteiger partial charge in [0.25, 0.3) is 5.91 Å². The molecule has 17 heavy (non-hydrogen) atoms. The molecule has 0 saturated carbocycles. The number of rotatable bonds is 3. The Morgan fingerprint density at radius 2 is 2.12 bits per heavy atom. The first-order valence-corrected chi connectivity index (χ1v) is 5.26. The van der Waals surface area contributed by atoms with E-state index in [1.807, 2.05) is 6.07 Å². The quantitative estimate of drug-likeness (QED) is 0.660. The topological polar surface area (TPSA) is 56.1 Å². The second-order valence-electron chi connectivity index (χ2n) is 3.55. The molecule has 1 rings (SSSR count). The number of nitriles is 1. The third-order valence-corrected chi connectivity index (χ3v) is 2.20. The maximum Gasteiger partial charge on any atom is 0.267 e. The Morgan fingerprint density at radius 3 is 2.65 bits per heavy atom. The molecule has 0 aromatic heterocycles. The van der Waals surface area contributed by atoms with E-state index in [9.17, 15) is 4.79 Å². The fourth-order valence-electron chi connectivity index (χ4n) is 1.15. The summed E-state index contributed by atoms with van der Waals surface area (Å²) in [5.74, 6) is -0.477. The molecule has 5 heteroatoms. The number of benzene rings is 1. The highest BCUT2D eigenvalue weighted by molar-refractivity contribution is 6.33. The predicted octanol–water partition coefficient (Wildman–Crippen LogP) is 2.25. The van der Waals surface area contributed by atoms with Crippen molar-refractivity contribution >= 4 is 23.2 Å². The summed E-state index contributed by atoms with van der Waals surface area (Å²) in [6.45, 7) is 0. The molecule has 0 bridgehead atoms. The lowest BCUT2D eigenvalue weighted by molar-refractivity contribution is -0.112. The van der Waals surface area contributed by atoms with Gasteiger partial charge < -0.3 is 10.2 Å². The molecule has 0 atom stereocenters. The van der Waals surface area contributed by atoms with Gasteiger partial charge in [0.05, 0.1) is 10.7 Å². The minimum absolute atomic E-state index is 0.0231. The third kappa shape index (κ3) is 3.82. The van der Waals surface area contributed by atoms with E-state index in [1.165, 1.54) is 6.20 Å². The first-order valence-electron chi connectivity index (χ1n) is 4.89. The van der Waals surface area contributed by atoms with Crippen LogP contribution in [0.1, 0.15) is 0 Å². The minimum Gasteiger partial charge on any atom is -0.382 e. The summed E-state index contributed by atoms with van der Waals surface area (Å²) in [6, 6.07) is 8.69. The summed E-state index contributed by atoms with van der Waals surface area (Å²) in [7, 11) is 3.47. The van der Waals surface area contributed by atoms with E-state index in [2.05, 4.69) is 5.32 Å². The van der Waals surface area contributed by atoms with Gasteiger partial charge in [0.15, 0.2) is 0 Å². The first-order chi connectivity index (χ1) is 8.04. The standard InChI is InChI=1S/C12H12ClN3O/c1-16(2)8-9(7-14)12(17)15-11-6-4-3-5-10(11)13/h3-6,8H,1-2H3,(H,15,17). The van der Waals surface area contributed by atoms with E-state index in [-0.39, 0.29) is 5.57 Å². The molecule has 1 aromatic carbocycles. The summed E-state index contributed by atoms with van der Waals surface area (Å²) < 4.78 is 0. The molecule has 1 aromatic rings. The molecule has 0 aliphatic heterocycles. The number of carbonyl (C=O) groups excluding carboxylic acids is 1. The van der Waals surface area contributed by atoms with Gasteiger partial charge in [-0.2, -0.15) is 5.26 Å². The van der Waals surface area contributed by atoms with Crippen molar-refractivity contribution in [3.8, 4) is 6.07 Å². The molecule has 1 amide bonds.